The maximum absolute atomic E-state index is 3.92. The Bertz CT molecular complexity index is 285. The molecule has 0 aromatic carbocycles. The van der Waals surface area contributed by atoms with Crippen LogP contribution in [0.4, 0.5) is 0 Å². The summed E-state index contributed by atoms with van der Waals surface area (Å²) in [7, 11) is 0. The molecule has 0 unspecified atom stereocenters. The molecule has 0 saturated heterocycles. The molecule has 0 fully saturated rings. The highest BCUT2D eigenvalue weighted by Gasteiger charge is 1.96. The average Bonchev–Trinajstić information content (AvgIpc) is 2.13. The molecule has 0 heterocycles. The first-order valence-corrected chi connectivity index (χ1v) is 4.10. The van der Waals surface area contributed by atoms with Gasteiger partial charge in [-0.25, -0.2) is 0 Å². The number of hydrogen-bond acceptors (Lipinski definition) is 0. The van der Waals surface area contributed by atoms with Crippen LogP contribution in [-0.2, 0) is 0 Å². The van der Waals surface area contributed by atoms with Gasteiger partial charge in [-0.3, -0.25) is 0 Å². The van der Waals surface area contributed by atoms with E-state index in [0.29, 0.717) is 0 Å². The van der Waals surface area contributed by atoms with Gasteiger partial charge in [0.15, 0.2) is 0 Å². The molecule has 0 spiro atoms. The Hall–Kier alpha value is -1.56. The van der Waals surface area contributed by atoms with Crippen molar-refractivity contribution in [1.29, 1.82) is 0 Å². The molecule has 0 saturated carbocycles. The second kappa shape index (κ2) is 6.01. The predicted octanol–water partition coefficient (Wildman–Crippen LogP) is 3.97. The first-order valence-electron chi connectivity index (χ1n) is 4.10. The van der Waals surface area contributed by atoms with Crippen molar-refractivity contribution >= 4 is 0 Å². The maximum Gasteiger partial charge on any atom is -0.0233 e. The molecule has 0 aliphatic heterocycles. The monoisotopic (exact) mass is 172 g/mol. The summed E-state index contributed by atoms with van der Waals surface area (Å²) < 4.78 is 0. The van der Waals surface area contributed by atoms with Crippen LogP contribution in [-0.4, -0.2) is 0 Å². The lowest BCUT2D eigenvalue weighted by Crippen LogP contribution is -1.84. The van der Waals surface area contributed by atoms with E-state index in [1.807, 2.05) is 25.2 Å². The minimum Gasteiger partial charge on any atom is -0.0991 e. The van der Waals surface area contributed by atoms with E-state index in [4.69, 9.17) is 0 Å². The molecule has 0 bridgehead atoms. The lowest BCUT2D eigenvalue weighted by molar-refractivity contribution is 1.40. The molecule has 0 rings (SSSR count). The van der Waals surface area contributed by atoms with Crippen molar-refractivity contribution in [2.45, 2.75) is 6.92 Å². The van der Waals surface area contributed by atoms with Gasteiger partial charge >= 0.3 is 0 Å². The second-order valence-electron chi connectivity index (χ2n) is 2.68. The SMILES string of the molecule is C=C/C=C\C(=C)C(=C)/C(C)=C\C=C. The van der Waals surface area contributed by atoms with Crippen molar-refractivity contribution in [3.05, 3.63) is 73.4 Å². The van der Waals surface area contributed by atoms with E-state index < -0.39 is 0 Å². The first-order chi connectivity index (χ1) is 6.13. The van der Waals surface area contributed by atoms with Gasteiger partial charge in [-0.15, -0.1) is 0 Å². The minimum atomic E-state index is 0.899. The highest BCUT2D eigenvalue weighted by atomic mass is 14.0. The van der Waals surface area contributed by atoms with E-state index in [9.17, 15) is 0 Å². The van der Waals surface area contributed by atoms with E-state index in [2.05, 4.69) is 26.3 Å². The van der Waals surface area contributed by atoms with Gasteiger partial charge in [-0.05, 0) is 23.6 Å². The molecule has 0 atom stereocenters. The van der Waals surface area contributed by atoms with Crippen LogP contribution in [0.5, 0.6) is 0 Å². The van der Waals surface area contributed by atoms with E-state index >= 15 is 0 Å². The normalized spacial score (nSPS) is 11.3. The van der Waals surface area contributed by atoms with E-state index in [0.717, 1.165) is 16.7 Å². The quantitative estimate of drug-likeness (QED) is 0.550. The number of rotatable bonds is 5. The largest absolute Gasteiger partial charge is 0.0991 e. The summed E-state index contributed by atoms with van der Waals surface area (Å²) in [5.41, 5.74) is 2.90. The summed E-state index contributed by atoms with van der Waals surface area (Å²) in [4.78, 5) is 0. The predicted molar refractivity (Wildman–Crippen MR) is 61.6 cm³/mol. The molecule has 0 aliphatic carbocycles. The van der Waals surface area contributed by atoms with Gasteiger partial charge in [-0.1, -0.05) is 56.7 Å². The Morgan fingerprint density at radius 2 is 1.69 bits per heavy atom. The third-order valence-electron chi connectivity index (χ3n) is 1.66. The van der Waals surface area contributed by atoms with Crippen LogP contribution in [0.3, 0.4) is 0 Å². The molecule has 0 aromatic heterocycles. The van der Waals surface area contributed by atoms with Crippen LogP contribution in [0, 0.1) is 0 Å². The highest BCUT2D eigenvalue weighted by molar-refractivity contribution is 5.48. The fraction of sp³-hybridized carbons (Fsp3) is 0.0769. The van der Waals surface area contributed by atoms with Crippen molar-refractivity contribution in [2.24, 2.45) is 0 Å². The molecule has 0 aliphatic rings. The summed E-state index contributed by atoms with van der Waals surface area (Å²) in [5.74, 6) is 0. The molecular formula is C13H16. The lowest BCUT2D eigenvalue weighted by atomic mass is 10.0. The third kappa shape index (κ3) is 4.12. The Kier molecular flexibility index (Phi) is 5.29. The molecule has 13 heavy (non-hydrogen) atoms. The summed E-state index contributed by atoms with van der Waals surface area (Å²) in [6.45, 7) is 17.0. The maximum atomic E-state index is 3.92. The lowest BCUT2D eigenvalue weighted by Gasteiger charge is -2.04. The van der Waals surface area contributed by atoms with Crippen molar-refractivity contribution in [3.63, 3.8) is 0 Å². The smallest absolute Gasteiger partial charge is 0.0233 e. The van der Waals surface area contributed by atoms with Gasteiger partial charge in [-0.2, -0.15) is 0 Å². The van der Waals surface area contributed by atoms with Crippen molar-refractivity contribution in [3.8, 4) is 0 Å². The van der Waals surface area contributed by atoms with Gasteiger partial charge in [0.25, 0.3) is 0 Å². The van der Waals surface area contributed by atoms with Crippen LogP contribution >= 0.6 is 0 Å². The standard InChI is InChI=1S/C13H16/c1-6-8-10-12(4)13(5)11(3)9-7-2/h6-10H,1-2,4-5H2,3H3/b10-8-,11-9-. The Balaban J connectivity index is 4.52. The Morgan fingerprint density at radius 1 is 1.08 bits per heavy atom. The molecule has 68 valence electrons. The molecular weight excluding hydrogens is 156 g/mol. The molecule has 0 nitrogen and oxygen atoms in total. The molecule has 0 N–H and O–H groups in total. The highest BCUT2D eigenvalue weighted by Crippen LogP contribution is 2.16. The van der Waals surface area contributed by atoms with Crippen LogP contribution < -0.4 is 0 Å². The zero-order valence-corrected chi connectivity index (χ0v) is 8.22. The zero-order chi connectivity index (χ0) is 10.3. The minimum absolute atomic E-state index is 0.899. The fourth-order valence-electron chi connectivity index (χ4n) is 0.815. The van der Waals surface area contributed by atoms with Crippen LogP contribution in [0.25, 0.3) is 0 Å². The summed E-state index contributed by atoms with van der Waals surface area (Å²) >= 11 is 0. The number of allylic oxidation sites excluding steroid dienone is 8. The van der Waals surface area contributed by atoms with E-state index in [1.54, 1.807) is 12.2 Å². The summed E-state index contributed by atoms with van der Waals surface area (Å²) in [6, 6.07) is 0. The summed E-state index contributed by atoms with van der Waals surface area (Å²) in [5, 5.41) is 0. The third-order valence-corrected chi connectivity index (χ3v) is 1.66. The topological polar surface area (TPSA) is 0 Å². The van der Waals surface area contributed by atoms with E-state index in [1.165, 1.54) is 0 Å². The zero-order valence-electron chi connectivity index (χ0n) is 8.22. The van der Waals surface area contributed by atoms with Crippen LogP contribution in [0.1, 0.15) is 6.92 Å². The van der Waals surface area contributed by atoms with Gasteiger partial charge in [0, 0.05) is 0 Å². The average molecular weight is 172 g/mol. The van der Waals surface area contributed by atoms with E-state index in [-0.39, 0.29) is 0 Å². The van der Waals surface area contributed by atoms with Crippen molar-refractivity contribution < 1.29 is 0 Å². The molecule has 0 aromatic rings. The van der Waals surface area contributed by atoms with Gasteiger partial charge in [0.1, 0.15) is 0 Å². The van der Waals surface area contributed by atoms with Crippen molar-refractivity contribution in [1.82, 2.24) is 0 Å². The first kappa shape index (κ1) is 11.4. The fourth-order valence-corrected chi connectivity index (χ4v) is 0.815. The van der Waals surface area contributed by atoms with Gasteiger partial charge < -0.3 is 0 Å². The van der Waals surface area contributed by atoms with Crippen molar-refractivity contribution in [2.75, 3.05) is 0 Å². The Labute approximate surface area is 81.0 Å². The molecule has 0 heteroatoms. The second-order valence-corrected chi connectivity index (χ2v) is 2.68. The number of hydrogen-bond donors (Lipinski definition) is 0. The van der Waals surface area contributed by atoms with Crippen LogP contribution in [0.15, 0.2) is 73.4 Å². The van der Waals surface area contributed by atoms with Gasteiger partial charge in [0.05, 0.1) is 0 Å². The van der Waals surface area contributed by atoms with Gasteiger partial charge in [0.2, 0.25) is 0 Å². The van der Waals surface area contributed by atoms with Crippen LogP contribution in [0.2, 0.25) is 0 Å². The molecule has 0 amide bonds. The molecule has 0 radical (unpaired) electrons. The summed E-state index contributed by atoms with van der Waals surface area (Å²) in [6.07, 6.45) is 9.09. The Morgan fingerprint density at radius 3 is 2.15 bits per heavy atom.